The standard InChI is InChI=1S/C13H19N3O3/c1-9(15-12(17)10-4-6-19-8-10)13(18)16-5-2-3-11(16)7-14/h4,6,8-9,11H,2-3,5,7,14H2,1H3,(H,15,17). The van der Waals surface area contributed by atoms with Crippen LogP contribution >= 0.6 is 0 Å². The van der Waals surface area contributed by atoms with Gasteiger partial charge in [-0.3, -0.25) is 9.59 Å². The van der Waals surface area contributed by atoms with Crippen molar-refractivity contribution in [1.29, 1.82) is 0 Å². The molecule has 2 amide bonds. The van der Waals surface area contributed by atoms with E-state index in [9.17, 15) is 9.59 Å². The van der Waals surface area contributed by atoms with Crippen molar-refractivity contribution in [3.05, 3.63) is 24.2 Å². The number of nitrogens with one attached hydrogen (secondary N) is 1. The number of likely N-dealkylation sites (tertiary alicyclic amines) is 1. The molecule has 1 aromatic rings. The van der Waals surface area contributed by atoms with E-state index >= 15 is 0 Å². The Morgan fingerprint density at radius 2 is 2.42 bits per heavy atom. The monoisotopic (exact) mass is 265 g/mol. The number of nitrogens with zero attached hydrogens (tertiary/aromatic N) is 1. The molecule has 3 N–H and O–H groups in total. The van der Waals surface area contributed by atoms with Gasteiger partial charge in [0.05, 0.1) is 11.8 Å². The maximum atomic E-state index is 12.3. The summed E-state index contributed by atoms with van der Waals surface area (Å²) in [5.74, 6) is -0.386. The quantitative estimate of drug-likeness (QED) is 0.822. The van der Waals surface area contributed by atoms with Crippen LogP contribution in [0, 0.1) is 0 Å². The van der Waals surface area contributed by atoms with E-state index in [2.05, 4.69) is 5.32 Å². The summed E-state index contributed by atoms with van der Waals surface area (Å²) in [5.41, 5.74) is 6.06. The van der Waals surface area contributed by atoms with Crippen molar-refractivity contribution < 1.29 is 14.0 Å². The molecule has 0 aromatic carbocycles. The number of amides is 2. The number of nitrogens with two attached hydrogens (primary N) is 1. The summed E-state index contributed by atoms with van der Waals surface area (Å²) >= 11 is 0. The molecule has 2 heterocycles. The summed E-state index contributed by atoms with van der Waals surface area (Å²) in [6.45, 7) is 2.87. The van der Waals surface area contributed by atoms with Crippen LogP contribution in [-0.2, 0) is 4.79 Å². The molecule has 2 rings (SSSR count). The zero-order valence-electron chi connectivity index (χ0n) is 11.0. The first-order valence-electron chi connectivity index (χ1n) is 6.47. The number of carbonyl (C=O) groups excluding carboxylic acids is 2. The number of furan rings is 1. The van der Waals surface area contributed by atoms with Gasteiger partial charge in [0, 0.05) is 19.1 Å². The average molecular weight is 265 g/mol. The van der Waals surface area contributed by atoms with E-state index in [4.69, 9.17) is 10.2 Å². The van der Waals surface area contributed by atoms with Crippen molar-refractivity contribution in [2.75, 3.05) is 13.1 Å². The molecule has 1 aromatic heterocycles. The van der Waals surface area contributed by atoms with E-state index < -0.39 is 6.04 Å². The van der Waals surface area contributed by atoms with Crippen LogP contribution in [-0.4, -0.2) is 41.9 Å². The summed E-state index contributed by atoms with van der Waals surface area (Å²) in [5, 5.41) is 2.67. The molecule has 1 aliphatic heterocycles. The highest BCUT2D eigenvalue weighted by molar-refractivity contribution is 5.97. The SMILES string of the molecule is CC(NC(=O)c1ccoc1)C(=O)N1CCCC1CN. The van der Waals surface area contributed by atoms with Crippen molar-refractivity contribution in [2.24, 2.45) is 5.73 Å². The van der Waals surface area contributed by atoms with Crippen LogP contribution in [0.2, 0.25) is 0 Å². The third-order valence-corrected chi connectivity index (χ3v) is 3.43. The molecule has 0 saturated carbocycles. The van der Waals surface area contributed by atoms with E-state index in [-0.39, 0.29) is 17.9 Å². The van der Waals surface area contributed by atoms with Crippen LogP contribution in [0.25, 0.3) is 0 Å². The van der Waals surface area contributed by atoms with Crippen molar-refractivity contribution in [3.63, 3.8) is 0 Å². The number of hydrogen-bond acceptors (Lipinski definition) is 4. The first-order chi connectivity index (χ1) is 9.13. The lowest BCUT2D eigenvalue weighted by molar-refractivity contribution is -0.133. The minimum atomic E-state index is -0.561. The lowest BCUT2D eigenvalue weighted by Gasteiger charge is -2.26. The Kier molecular flexibility index (Phi) is 4.21. The molecule has 2 unspecified atom stereocenters. The Morgan fingerprint density at radius 1 is 1.63 bits per heavy atom. The summed E-state index contributed by atoms with van der Waals surface area (Å²) in [6.07, 6.45) is 4.68. The van der Waals surface area contributed by atoms with Gasteiger partial charge in [0.2, 0.25) is 5.91 Å². The highest BCUT2D eigenvalue weighted by Gasteiger charge is 2.31. The maximum Gasteiger partial charge on any atom is 0.255 e. The topological polar surface area (TPSA) is 88.6 Å². The van der Waals surface area contributed by atoms with Crippen molar-refractivity contribution in [3.8, 4) is 0 Å². The van der Waals surface area contributed by atoms with Gasteiger partial charge in [0.15, 0.2) is 0 Å². The van der Waals surface area contributed by atoms with Gasteiger partial charge in [-0.15, -0.1) is 0 Å². The molecule has 0 aliphatic carbocycles. The number of rotatable bonds is 4. The van der Waals surface area contributed by atoms with Gasteiger partial charge in [0.1, 0.15) is 12.3 Å². The molecule has 1 fully saturated rings. The molecular formula is C13H19N3O3. The second-order valence-corrected chi connectivity index (χ2v) is 4.77. The Balaban J connectivity index is 1.94. The highest BCUT2D eigenvalue weighted by Crippen LogP contribution is 2.17. The lowest BCUT2D eigenvalue weighted by Crippen LogP contribution is -2.50. The van der Waals surface area contributed by atoms with Crippen LogP contribution in [0.5, 0.6) is 0 Å². The number of hydrogen-bond donors (Lipinski definition) is 2. The first kappa shape index (κ1) is 13.6. The van der Waals surface area contributed by atoms with Crippen molar-refractivity contribution in [1.82, 2.24) is 10.2 Å². The van der Waals surface area contributed by atoms with Gasteiger partial charge in [-0.2, -0.15) is 0 Å². The molecule has 6 heteroatoms. The van der Waals surface area contributed by atoms with Gasteiger partial charge < -0.3 is 20.4 Å². The third-order valence-electron chi connectivity index (χ3n) is 3.43. The summed E-state index contributed by atoms with van der Waals surface area (Å²) in [7, 11) is 0. The smallest absolute Gasteiger partial charge is 0.255 e. The van der Waals surface area contributed by atoms with Gasteiger partial charge in [-0.1, -0.05) is 0 Å². The minimum absolute atomic E-state index is 0.0789. The van der Waals surface area contributed by atoms with Gasteiger partial charge in [-0.05, 0) is 25.8 Å². The molecule has 0 bridgehead atoms. The zero-order valence-corrected chi connectivity index (χ0v) is 11.0. The molecule has 1 aliphatic rings. The molecule has 0 spiro atoms. The van der Waals surface area contributed by atoms with Crippen molar-refractivity contribution >= 4 is 11.8 Å². The summed E-state index contributed by atoms with van der Waals surface area (Å²) < 4.78 is 4.84. The first-order valence-corrected chi connectivity index (χ1v) is 6.47. The molecule has 6 nitrogen and oxygen atoms in total. The van der Waals surface area contributed by atoms with E-state index in [1.54, 1.807) is 17.9 Å². The Morgan fingerprint density at radius 3 is 3.05 bits per heavy atom. The largest absolute Gasteiger partial charge is 0.472 e. The van der Waals surface area contributed by atoms with E-state index in [0.717, 1.165) is 12.8 Å². The molecule has 0 radical (unpaired) electrons. The second kappa shape index (κ2) is 5.88. The van der Waals surface area contributed by atoms with E-state index in [1.807, 2.05) is 0 Å². The molecule has 19 heavy (non-hydrogen) atoms. The van der Waals surface area contributed by atoms with Crippen LogP contribution < -0.4 is 11.1 Å². The van der Waals surface area contributed by atoms with Crippen LogP contribution in [0.4, 0.5) is 0 Å². The predicted octanol–water partition coefficient (Wildman–Crippen LogP) is 0.348. The Hall–Kier alpha value is -1.82. The summed E-state index contributed by atoms with van der Waals surface area (Å²) in [6, 6.07) is 1.10. The second-order valence-electron chi connectivity index (χ2n) is 4.77. The molecule has 2 atom stereocenters. The Labute approximate surface area is 111 Å². The van der Waals surface area contributed by atoms with Crippen LogP contribution in [0.3, 0.4) is 0 Å². The van der Waals surface area contributed by atoms with Gasteiger partial charge in [-0.25, -0.2) is 0 Å². The fraction of sp³-hybridized carbons (Fsp3) is 0.538. The third kappa shape index (κ3) is 2.96. The number of carbonyl (C=O) groups is 2. The fourth-order valence-corrected chi connectivity index (χ4v) is 2.36. The van der Waals surface area contributed by atoms with Crippen molar-refractivity contribution in [2.45, 2.75) is 31.8 Å². The van der Waals surface area contributed by atoms with Crippen LogP contribution in [0.15, 0.2) is 23.0 Å². The highest BCUT2D eigenvalue weighted by atomic mass is 16.3. The fourth-order valence-electron chi connectivity index (χ4n) is 2.36. The van der Waals surface area contributed by atoms with Gasteiger partial charge >= 0.3 is 0 Å². The molecular weight excluding hydrogens is 246 g/mol. The Bertz CT molecular complexity index is 444. The predicted molar refractivity (Wildman–Crippen MR) is 69.4 cm³/mol. The average Bonchev–Trinajstić information content (AvgIpc) is 3.08. The maximum absolute atomic E-state index is 12.3. The van der Waals surface area contributed by atoms with E-state index in [1.165, 1.54) is 12.5 Å². The van der Waals surface area contributed by atoms with Crippen LogP contribution in [0.1, 0.15) is 30.1 Å². The normalized spacial score (nSPS) is 20.3. The summed E-state index contributed by atoms with van der Waals surface area (Å²) in [4.78, 5) is 25.8. The zero-order chi connectivity index (χ0) is 13.8. The van der Waals surface area contributed by atoms with Gasteiger partial charge in [0.25, 0.3) is 5.91 Å². The minimum Gasteiger partial charge on any atom is -0.472 e. The molecule has 104 valence electrons. The lowest BCUT2D eigenvalue weighted by atomic mass is 10.2. The van der Waals surface area contributed by atoms with E-state index in [0.29, 0.717) is 18.7 Å². The molecule has 1 saturated heterocycles.